The number of carbonyl (C=O) groups excluding carboxylic acids is 1. The number of amides is 1. The van der Waals surface area contributed by atoms with Crippen LogP contribution in [-0.2, 0) is 4.79 Å². The summed E-state index contributed by atoms with van der Waals surface area (Å²) in [5.41, 5.74) is 0.979. The molecule has 5 heteroatoms. The Morgan fingerprint density at radius 2 is 1.96 bits per heavy atom. The fraction of sp³-hybridized carbons (Fsp3) is 0.429. The second kappa shape index (κ2) is 9.34. The third-order valence-electron chi connectivity index (χ3n) is 4.77. The van der Waals surface area contributed by atoms with E-state index in [0.29, 0.717) is 13.2 Å². The lowest BCUT2D eigenvalue weighted by Crippen LogP contribution is -2.41. The molecule has 5 nitrogen and oxygen atoms in total. The van der Waals surface area contributed by atoms with Gasteiger partial charge in [0, 0.05) is 26.0 Å². The molecule has 0 bridgehead atoms. The van der Waals surface area contributed by atoms with Gasteiger partial charge in [0.2, 0.25) is 5.91 Å². The van der Waals surface area contributed by atoms with Crippen molar-refractivity contribution in [3.8, 4) is 5.75 Å². The molecule has 26 heavy (non-hydrogen) atoms. The Morgan fingerprint density at radius 1 is 1.19 bits per heavy atom. The van der Waals surface area contributed by atoms with E-state index >= 15 is 0 Å². The van der Waals surface area contributed by atoms with Gasteiger partial charge in [0.05, 0.1) is 6.61 Å². The van der Waals surface area contributed by atoms with Crippen LogP contribution in [0.4, 0.5) is 0 Å². The van der Waals surface area contributed by atoms with Crippen LogP contribution < -0.4 is 4.74 Å². The minimum absolute atomic E-state index is 0.139. The van der Waals surface area contributed by atoms with Gasteiger partial charge in [0.15, 0.2) is 0 Å². The molecule has 0 unspecified atom stereocenters. The molecule has 1 aliphatic rings. The average Bonchev–Trinajstić information content (AvgIpc) is 3.21. The highest BCUT2D eigenvalue weighted by Crippen LogP contribution is 2.26. The second-order valence-electron chi connectivity index (χ2n) is 6.71. The maximum atomic E-state index is 13.1. The van der Waals surface area contributed by atoms with Crippen LogP contribution in [0.2, 0.25) is 0 Å². The fourth-order valence-corrected chi connectivity index (χ4v) is 3.37. The maximum absolute atomic E-state index is 13.1. The summed E-state index contributed by atoms with van der Waals surface area (Å²) in [5.74, 6) is 1.01. The zero-order valence-electron chi connectivity index (χ0n) is 15.4. The van der Waals surface area contributed by atoms with Crippen LogP contribution in [0.5, 0.6) is 5.75 Å². The number of hydrogen-bond acceptors (Lipinski definition) is 4. The fourth-order valence-electron chi connectivity index (χ4n) is 3.37. The third kappa shape index (κ3) is 4.82. The quantitative estimate of drug-likeness (QED) is 0.684. The van der Waals surface area contributed by atoms with E-state index < -0.39 is 0 Å². The average molecular weight is 353 g/mol. The Morgan fingerprint density at radius 3 is 2.65 bits per heavy atom. The molecular formula is C21H27N3O2. The predicted octanol–water partition coefficient (Wildman–Crippen LogP) is 3.15. The molecule has 0 N–H and O–H groups in total. The van der Waals surface area contributed by atoms with Crippen LogP contribution in [0.15, 0.2) is 54.9 Å². The van der Waals surface area contributed by atoms with E-state index in [-0.39, 0.29) is 11.9 Å². The van der Waals surface area contributed by atoms with Crippen molar-refractivity contribution in [3.05, 3.63) is 60.4 Å². The summed E-state index contributed by atoms with van der Waals surface area (Å²) in [4.78, 5) is 21.4. The van der Waals surface area contributed by atoms with Crippen molar-refractivity contribution >= 4 is 5.91 Å². The Kier molecular flexibility index (Phi) is 6.61. The number of rotatable bonds is 8. The molecule has 1 aromatic heterocycles. The molecule has 1 atom stereocenters. The number of benzene rings is 1. The van der Waals surface area contributed by atoms with E-state index in [1.54, 1.807) is 6.20 Å². The van der Waals surface area contributed by atoms with Crippen molar-refractivity contribution in [1.82, 2.24) is 14.8 Å². The Bertz CT molecular complexity index is 672. The minimum Gasteiger partial charge on any atom is -0.494 e. The lowest BCUT2D eigenvalue weighted by molar-refractivity contribution is -0.135. The van der Waals surface area contributed by atoms with E-state index in [2.05, 4.69) is 9.88 Å². The van der Waals surface area contributed by atoms with E-state index in [0.717, 1.165) is 43.7 Å². The van der Waals surface area contributed by atoms with Gasteiger partial charge in [-0.2, -0.15) is 0 Å². The first kappa shape index (κ1) is 18.4. The van der Waals surface area contributed by atoms with Gasteiger partial charge in [0.25, 0.3) is 0 Å². The summed E-state index contributed by atoms with van der Waals surface area (Å²) in [5, 5.41) is 0. The number of pyridine rings is 1. The van der Waals surface area contributed by atoms with E-state index in [4.69, 9.17) is 4.74 Å². The third-order valence-corrected chi connectivity index (χ3v) is 4.77. The van der Waals surface area contributed by atoms with Crippen LogP contribution in [0, 0.1) is 0 Å². The first-order valence-electron chi connectivity index (χ1n) is 9.32. The van der Waals surface area contributed by atoms with Crippen LogP contribution in [-0.4, -0.2) is 54.0 Å². The van der Waals surface area contributed by atoms with Gasteiger partial charge in [-0.25, -0.2) is 0 Å². The molecule has 0 saturated carbocycles. The maximum Gasteiger partial charge on any atom is 0.244 e. The highest BCUT2D eigenvalue weighted by molar-refractivity contribution is 5.83. The standard InChI is InChI=1S/C21H27N3O2/c1-23(13-8-16-26-19-10-3-2-4-11-19)21(25)20(24-14-5-6-15-24)18-9-7-12-22-17-18/h2-4,7,9-12,17,20H,5-6,8,13-16H2,1H3/t20-/m1/s1. The first-order chi connectivity index (χ1) is 12.8. The van der Waals surface area contributed by atoms with Crippen molar-refractivity contribution in [2.75, 3.05) is 33.3 Å². The van der Waals surface area contributed by atoms with Gasteiger partial charge in [-0.1, -0.05) is 24.3 Å². The number of aromatic nitrogens is 1. The van der Waals surface area contributed by atoms with Crippen LogP contribution >= 0.6 is 0 Å². The largest absolute Gasteiger partial charge is 0.494 e. The summed E-state index contributed by atoms with van der Waals surface area (Å²) in [6.45, 7) is 3.21. The Labute approximate surface area is 155 Å². The Balaban J connectivity index is 1.55. The number of para-hydroxylation sites is 1. The minimum atomic E-state index is -0.230. The lowest BCUT2D eigenvalue weighted by atomic mass is 10.1. The van der Waals surface area contributed by atoms with Gasteiger partial charge in [-0.3, -0.25) is 14.7 Å². The van der Waals surface area contributed by atoms with Gasteiger partial charge in [-0.15, -0.1) is 0 Å². The highest BCUT2D eigenvalue weighted by Gasteiger charge is 2.31. The van der Waals surface area contributed by atoms with E-state index in [9.17, 15) is 4.79 Å². The van der Waals surface area contributed by atoms with Crippen molar-refractivity contribution in [3.63, 3.8) is 0 Å². The summed E-state index contributed by atoms with van der Waals surface area (Å²) in [6, 6.07) is 13.4. The number of nitrogens with zero attached hydrogens (tertiary/aromatic N) is 3. The second-order valence-corrected chi connectivity index (χ2v) is 6.71. The molecular weight excluding hydrogens is 326 g/mol. The molecule has 3 rings (SSSR count). The first-order valence-corrected chi connectivity index (χ1v) is 9.32. The summed E-state index contributed by atoms with van der Waals surface area (Å²) in [7, 11) is 1.88. The molecule has 0 aliphatic carbocycles. The van der Waals surface area contributed by atoms with Crippen molar-refractivity contribution in [2.45, 2.75) is 25.3 Å². The summed E-state index contributed by atoms with van der Waals surface area (Å²) in [6.07, 6.45) is 6.67. The van der Waals surface area contributed by atoms with Gasteiger partial charge in [-0.05, 0) is 56.1 Å². The zero-order valence-corrected chi connectivity index (χ0v) is 15.4. The van der Waals surface area contributed by atoms with Crippen molar-refractivity contribution < 1.29 is 9.53 Å². The topological polar surface area (TPSA) is 45.7 Å². The SMILES string of the molecule is CN(CCCOc1ccccc1)C(=O)[C@@H](c1cccnc1)N1CCCC1. The molecule has 2 aromatic rings. The van der Waals surface area contributed by atoms with E-state index in [1.165, 1.54) is 0 Å². The highest BCUT2D eigenvalue weighted by atomic mass is 16.5. The monoisotopic (exact) mass is 353 g/mol. The number of likely N-dealkylation sites (N-methyl/N-ethyl adjacent to an activating group) is 1. The molecule has 1 fully saturated rings. The molecule has 138 valence electrons. The van der Waals surface area contributed by atoms with Crippen molar-refractivity contribution in [2.24, 2.45) is 0 Å². The van der Waals surface area contributed by atoms with E-state index in [1.807, 2.05) is 60.6 Å². The molecule has 1 amide bonds. The van der Waals surface area contributed by atoms with Gasteiger partial charge in [0.1, 0.15) is 11.8 Å². The molecule has 0 radical (unpaired) electrons. The molecule has 1 saturated heterocycles. The smallest absolute Gasteiger partial charge is 0.244 e. The predicted molar refractivity (Wildman–Crippen MR) is 102 cm³/mol. The van der Waals surface area contributed by atoms with Gasteiger partial charge >= 0.3 is 0 Å². The lowest BCUT2D eigenvalue weighted by Gasteiger charge is -2.30. The normalized spacial score (nSPS) is 15.6. The summed E-state index contributed by atoms with van der Waals surface area (Å²) < 4.78 is 5.72. The van der Waals surface area contributed by atoms with Crippen LogP contribution in [0.25, 0.3) is 0 Å². The van der Waals surface area contributed by atoms with Gasteiger partial charge < -0.3 is 9.64 Å². The molecule has 2 heterocycles. The molecule has 1 aliphatic heterocycles. The number of likely N-dealkylation sites (tertiary alicyclic amines) is 1. The summed E-state index contributed by atoms with van der Waals surface area (Å²) >= 11 is 0. The number of hydrogen-bond donors (Lipinski definition) is 0. The number of ether oxygens (including phenoxy) is 1. The zero-order chi connectivity index (χ0) is 18.2. The van der Waals surface area contributed by atoms with Crippen molar-refractivity contribution in [1.29, 1.82) is 0 Å². The van der Waals surface area contributed by atoms with Crippen LogP contribution in [0.1, 0.15) is 30.9 Å². The molecule has 1 aromatic carbocycles. The molecule has 0 spiro atoms. The Hall–Kier alpha value is -2.40. The van der Waals surface area contributed by atoms with Crippen LogP contribution in [0.3, 0.4) is 0 Å². The number of carbonyl (C=O) groups is 1.